The van der Waals surface area contributed by atoms with Crippen LogP contribution in [0.15, 0.2) is 109 Å². The molecule has 0 fully saturated rings. The van der Waals surface area contributed by atoms with Gasteiger partial charge >= 0.3 is 18.1 Å². The second-order valence-electron chi connectivity index (χ2n) is 6.98. The Morgan fingerprint density at radius 2 is 0.806 bits per heavy atom. The van der Waals surface area contributed by atoms with Crippen LogP contribution in [0.4, 0.5) is 4.79 Å². The van der Waals surface area contributed by atoms with Crippen LogP contribution in [0.25, 0.3) is 0 Å². The number of ether oxygens (including phenoxy) is 2. The van der Waals surface area contributed by atoms with Crippen molar-refractivity contribution in [2.45, 2.75) is 0 Å². The largest absolute Gasteiger partial charge is 0.519 e. The monoisotopic (exact) mass is 486 g/mol. The molecule has 0 amide bonds. The normalized spacial score (nSPS) is 10.0. The Labute approximate surface area is 205 Å². The highest BCUT2D eigenvalue weighted by molar-refractivity contribution is 5.94. The summed E-state index contributed by atoms with van der Waals surface area (Å²) in [5.74, 6) is -1.46. The third-order valence-corrected chi connectivity index (χ3v) is 4.51. The van der Waals surface area contributed by atoms with E-state index in [9.17, 15) is 14.4 Å². The standard InChI is InChI=1S/C27H18O9/c28-25(35-33-19-11-3-1-4-12-19)21-15-7-9-17-23(21)31-27(30)32-24-18-10-8-16-22(24)26(29)36-34-20-13-5-2-6-14-20/h1-18H. The second-order valence-corrected chi connectivity index (χ2v) is 6.98. The Morgan fingerprint density at radius 3 is 1.22 bits per heavy atom. The summed E-state index contributed by atoms with van der Waals surface area (Å²) < 4.78 is 10.4. The smallest absolute Gasteiger partial charge is 0.394 e. The predicted octanol–water partition coefficient (Wildman–Crippen LogP) is 5.57. The van der Waals surface area contributed by atoms with Crippen LogP contribution in [-0.4, -0.2) is 18.1 Å². The third kappa shape index (κ3) is 6.39. The fourth-order valence-corrected chi connectivity index (χ4v) is 2.86. The SMILES string of the molecule is O=C(Oc1ccccc1C(=O)OOc1ccccc1)Oc1ccccc1C(=O)OOc1ccccc1. The van der Waals surface area contributed by atoms with Crippen LogP contribution in [0.3, 0.4) is 0 Å². The van der Waals surface area contributed by atoms with Crippen LogP contribution in [0.1, 0.15) is 20.7 Å². The van der Waals surface area contributed by atoms with Crippen molar-refractivity contribution in [1.82, 2.24) is 0 Å². The van der Waals surface area contributed by atoms with E-state index < -0.39 is 18.1 Å². The number of hydrogen-bond acceptors (Lipinski definition) is 9. The van der Waals surface area contributed by atoms with Gasteiger partial charge in [-0.25, -0.2) is 24.2 Å². The molecule has 4 aromatic rings. The van der Waals surface area contributed by atoms with E-state index in [1.165, 1.54) is 24.3 Å². The summed E-state index contributed by atoms with van der Waals surface area (Å²) in [7, 11) is 0. The van der Waals surface area contributed by atoms with E-state index in [1.54, 1.807) is 84.9 Å². The molecule has 4 aromatic carbocycles. The van der Waals surface area contributed by atoms with Gasteiger partial charge in [-0.3, -0.25) is 9.78 Å². The van der Waals surface area contributed by atoms with E-state index in [0.717, 1.165) is 0 Å². The van der Waals surface area contributed by atoms with E-state index in [2.05, 4.69) is 0 Å². The van der Waals surface area contributed by atoms with Gasteiger partial charge in [0.05, 0.1) is 0 Å². The quantitative estimate of drug-likeness (QED) is 0.137. The summed E-state index contributed by atoms with van der Waals surface area (Å²) in [6.45, 7) is 0. The number of benzene rings is 4. The molecule has 0 unspecified atom stereocenters. The van der Waals surface area contributed by atoms with Crippen LogP contribution in [-0.2, 0) is 9.78 Å². The van der Waals surface area contributed by atoms with E-state index in [-0.39, 0.29) is 22.6 Å². The fourth-order valence-electron chi connectivity index (χ4n) is 2.86. The lowest BCUT2D eigenvalue weighted by atomic mass is 10.2. The zero-order valence-corrected chi connectivity index (χ0v) is 18.6. The van der Waals surface area contributed by atoms with Gasteiger partial charge in [-0.05, 0) is 48.5 Å². The third-order valence-electron chi connectivity index (χ3n) is 4.51. The van der Waals surface area contributed by atoms with Gasteiger partial charge in [0.2, 0.25) is 0 Å². The van der Waals surface area contributed by atoms with Crippen molar-refractivity contribution in [1.29, 1.82) is 0 Å². The number of hydrogen-bond donors (Lipinski definition) is 0. The predicted molar refractivity (Wildman–Crippen MR) is 125 cm³/mol. The molecule has 0 radical (unpaired) electrons. The fraction of sp³-hybridized carbons (Fsp3) is 0. The molecule has 9 heteroatoms. The Kier molecular flexibility index (Phi) is 7.75. The van der Waals surface area contributed by atoms with Crippen molar-refractivity contribution in [3.63, 3.8) is 0 Å². The molecule has 0 aromatic heterocycles. The minimum atomic E-state index is -1.21. The van der Waals surface area contributed by atoms with Crippen LogP contribution in [0.2, 0.25) is 0 Å². The molecule has 0 saturated heterocycles. The minimum absolute atomic E-state index is 0.0886. The molecule has 180 valence electrons. The van der Waals surface area contributed by atoms with E-state index in [0.29, 0.717) is 11.5 Å². The Hall–Kier alpha value is -5.31. The maximum atomic E-state index is 12.5. The van der Waals surface area contributed by atoms with E-state index in [4.69, 9.17) is 29.0 Å². The van der Waals surface area contributed by atoms with Gasteiger partial charge in [0.15, 0.2) is 11.5 Å². The molecular formula is C27H18O9. The summed E-state index contributed by atoms with van der Waals surface area (Å²) in [5.41, 5.74) is -0.177. The van der Waals surface area contributed by atoms with Gasteiger partial charge in [0, 0.05) is 0 Å². The lowest BCUT2D eigenvalue weighted by Gasteiger charge is -2.11. The van der Waals surface area contributed by atoms with Crippen molar-refractivity contribution in [2.24, 2.45) is 0 Å². The van der Waals surface area contributed by atoms with Crippen molar-refractivity contribution < 1.29 is 43.4 Å². The zero-order chi connectivity index (χ0) is 25.2. The number of rotatable bonds is 8. The molecule has 0 N–H and O–H groups in total. The molecule has 0 heterocycles. The highest BCUT2D eigenvalue weighted by Crippen LogP contribution is 2.24. The first-order valence-electron chi connectivity index (χ1n) is 10.6. The molecule has 0 aliphatic heterocycles. The molecule has 0 bridgehead atoms. The summed E-state index contributed by atoms with van der Waals surface area (Å²) in [4.78, 5) is 57.0. The van der Waals surface area contributed by atoms with Crippen molar-refractivity contribution in [2.75, 3.05) is 0 Å². The summed E-state index contributed by atoms with van der Waals surface area (Å²) in [5, 5.41) is 0. The Balaban J connectivity index is 1.40. The average molecular weight is 486 g/mol. The average Bonchev–Trinajstić information content (AvgIpc) is 2.92. The van der Waals surface area contributed by atoms with Gasteiger partial charge in [-0.2, -0.15) is 0 Å². The van der Waals surface area contributed by atoms with Crippen molar-refractivity contribution in [3.8, 4) is 23.0 Å². The molecule has 36 heavy (non-hydrogen) atoms. The van der Waals surface area contributed by atoms with Crippen LogP contribution < -0.4 is 19.2 Å². The summed E-state index contributed by atoms with van der Waals surface area (Å²) >= 11 is 0. The van der Waals surface area contributed by atoms with Gasteiger partial charge in [-0.15, -0.1) is 0 Å². The Morgan fingerprint density at radius 1 is 0.444 bits per heavy atom. The van der Waals surface area contributed by atoms with Crippen molar-refractivity contribution in [3.05, 3.63) is 120 Å². The molecule has 0 atom stereocenters. The molecule has 9 nitrogen and oxygen atoms in total. The van der Waals surface area contributed by atoms with Crippen LogP contribution >= 0.6 is 0 Å². The summed E-state index contributed by atoms with van der Waals surface area (Å²) in [6.07, 6.45) is -1.21. The topological polar surface area (TPSA) is 107 Å². The highest BCUT2D eigenvalue weighted by atomic mass is 17.2. The van der Waals surface area contributed by atoms with Gasteiger partial charge in [0.25, 0.3) is 0 Å². The number of carbonyl (C=O) groups excluding carboxylic acids is 3. The molecular weight excluding hydrogens is 468 g/mol. The number of carbonyl (C=O) groups is 3. The molecule has 0 aliphatic carbocycles. The van der Waals surface area contributed by atoms with Gasteiger partial charge < -0.3 is 9.47 Å². The summed E-state index contributed by atoms with van der Waals surface area (Å²) in [6, 6.07) is 28.5. The van der Waals surface area contributed by atoms with Gasteiger partial charge in [-0.1, -0.05) is 60.7 Å². The van der Waals surface area contributed by atoms with Crippen LogP contribution in [0.5, 0.6) is 23.0 Å². The first-order chi connectivity index (χ1) is 17.6. The highest BCUT2D eigenvalue weighted by Gasteiger charge is 2.22. The van der Waals surface area contributed by atoms with E-state index in [1.807, 2.05) is 0 Å². The second kappa shape index (κ2) is 11.7. The van der Waals surface area contributed by atoms with E-state index >= 15 is 0 Å². The lowest BCUT2D eigenvalue weighted by molar-refractivity contribution is -0.149. The molecule has 4 rings (SSSR count). The minimum Gasteiger partial charge on any atom is -0.394 e. The van der Waals surface area contributed by atoms with Crippen molar-refractivity contribution >= 4 is 18.1 Å². The maximum absolute atomic E-state index is 12.5. The lowest BCUT2D eigenvalue weighted by Crippen LogP contribution is -2.19. The molecule has 0 aliphatic rings. The first-order valence-corrected chi connectivity index (χ1v) is 10.6. The Bertz CT molecular complexity index is 1230. The van der Waals surface area contributed by atoms with Gasteiger partial charge in [0.1, 0.15) is 22.6 Å². The maximum Gasteiger partial charge on any atom is 0.519 e. The molecule has 0 saturated carbocycles. The first kappa shape index (κ1) is 23.8. The molecule has 0 spiro atoms. The van der Waals surface area contributed by atoms with Crippen LogP contribution in [0, 0.1) is 0 Å². The number of para-hydroxylation sites is 4. The zero-order valence-electron chi connectivity index (χ0n) is 18.6.